The Morgan fingerprint density at radius 3 is 0.621 bits per heavy atom. The van der Waals surface area contributed by atoms with Gasteiger partial charge >= 0.3 is 12.4 Å². The molecule has 0 N–H and O–H groups in total. The topological polar surface area (TPSA) is 0 Å². The molecule has 0 spiro atoms. The van der Waals surface area contributed by atoms with Gasteiger partial charge in [-0.2, -0.15) is 26.3 Å². The average molecular weight is 1810 g/mol. The summed E-state index contributed by atoms with van der Waals surface area (Å²) in [6.45, 7) is 90.8. The van der Waals surface area contributed by atoms with E-state index in [0.717, 1.165) is 52.4 Å². The molecule has 0 aromatic heterocycles. The van der Waals surface area contributed by atoms with Gasteiger partial charge in [0.25, 0.3) is 0 Å². The van der Waals surface area contributed by atoms with Crippen molar-refractivity contribution in [1.29, 1.82) is 0 Å². The Bertz CT molecular complexity index is 4960. The predicted octanol–water partition coefficient (Wildman–Crippen LogP) is 39.3. The van der Waals surface area contributed by atoms with Crippen LogP contribution in [0.25, 0.3) is 44.5 Å². The summed E-state index contributed by atoms with van der Waals surface area (Å²) in [5.41, 5.74) is 28.8. The summed E-state index contributed by atoms with van der Waals surface area (Å²) in [6, 6.07) is 78.4. The Morgan fingerprint density at radius 1 is 0.197 bits per heavy atom. The average Bonchev–Trinajstić information content (AvgIpc) is 0.768. The maximum absolute atomic E-state index is 13.3. The monoisotopic (exact) mass is 1810 g/mol. The van der Waals surface area contributed by atoms with E-state index in [2.05, 4.69) is 443 Å². The van der Waals surface area contributed by atoms with Crippen molar-refractivity contribution >= 4 is 0 Å². The molecule has 10 rings (SSSR count). The highest BCUT2D eigenvalue weighted by Gasteiger charge is 2.50. The van der Waals surface area contributed by atoms with Crippen molar-refractivity contribution in [2.75, 3.05) is 0 Å². The molecule has 0 aliphatic carbocycles. The normalized spacial score (nSPS) is 13.0. The van der Waals surface area contributed by atoms with Gasteiger partial charge in [0.2, 0.25) is 0 Å². The van der Waals surface area contributed by atoms with Crippen molar-refractivity contribution in [2.45, 2.75) is 397 Å². The summed E-state index contributed by atoms with van der Waals surface area (Å²) < 4.78 is 80.0. The van der Waals surface area contributed by atoms with E-state index in [1.807, 2.05) is 20.8 Å². The second-order valence-electron chi connectivity index (χ2n) is 51.1. The van der Waals surface area contributed by atoms with Crippen molar-refractivity contribution in [2.24, 2.45) is 33.5 Å². The van der Waals surface area contributed by atoms with Crippen LogP contribution in [0.5, 0.6) is 0 Å². The number of rotatable bonds is 16. The molecule has 0 saturated heterocycles. The second-order valence-corrected chi connectivity index (χ2v) is 51.1. The fourth-order valence-corrected chi connectivity index (χ4v) is 18.6. The lowest BCUT2D eigenvalue weighted by molar-refractivity contribution is -0.211. The third-order valence-corrected chi connectivity index (χ3v) is 24.5. The predicted molar refractivity (Wildman–Crippen MR) is 569 cm³/mol. The van der Waals surface area contributed by atoms with Crippen LogP contribution >= 0.6 is 0 Å². The highest BCUT2D eigenvalue weighted by molar-refractivity contribution is 5.82. The van der Waals surface area contributed by atoms with Crippen LogP contribution in [0.15, 0.2) is 218 Å². The van der Waals surface area contributed by atoms with Gasteiger partial charge in [-0.25, -0.2) is 0 Å². The second kappa shape index (κ2) is 44.7. The Balaban J connectivity index is 0.000000284. The van der Waals surface area contributed by atoms with Gasteiger partial charge < -0.3 is 0 Å². The van der Waals surface area contributed by atoms with Crippen molar-refractivity contribution in [1.82, 2.24) is 0 Å². The molecule has 0 amide bonds. The summed E-state index contributed by atoms with van der Waals surface area (Å²) in [4.78, 5) is 0. The van der Waals surface area contributed by atoms with Crippen LogP contribution in [0.4, 0.5) is 26.3 Å². The SMILES string of the molecule is CC(C)(C)Cc1cccc(CC(C)(C)C)c1C(C)(C)C.CC(C)(C)c1c(-c2ccccc2)cccc1-c1ccccc1.CC(C)(C)c1c(CC(C)(C)C(F)(F)F)cccc1CC(C)(C)C(F)(F)F.CC(C)(C)c1ccc(-c2cccc(-c3ccc(C(C)(C)C)cc3)c2C(C)(C)C)cc1.CC(C)Cc1cccc(CC(C)C)c1C(C)(C)C.CC(C)c1cccc(C(C)C)c1C(C)(C)C. The molecule has 10 aromatic carbocycles. The molecule has 0 bridgehead atoms. The lowest BCUT2D eigenvalue weighted by atomic mass is 9.72. The molecular weight excluding hydrogens is 1630 g/mol. The van der Waals surface area contributed by atoms with Crippen LogP contribution in [0, 0.1) is 33.5 Å². The Hall–Kier alpha value is -8.22. The van der Waals surface area contributed by atoms with E-state index in [-0.39, 0.29) is 50.7 Å². The highest BCUT2D eigenvalue weighted by atomic mass is 19.4. The lowest BCUT2D eigenvalue weighted by Crippen LogP contribution is -2.36. The van der Waals surface area contributed by atoms with Crippen LogP contribution < -0.4 is 0 Å². The maximum Gasteiger partial charge on any atom is 0.394 e. The first-order valence-corrected chi connectivity index (χ1v) is 49.1. The highest BCUT2D eigenvalue weighted by Crippen LogP contribution is 2.49. The summed E-state index contributed by atoms with van der Waals surface area (Å²) >= 11 is 0. The van der Waals surface area contributed by atoms with Crippen LogP contribution in [-0.2, 0) is 81.8 Å². The van der Waals surface area contributed by atoms with E-state index < -0.39 is 28.6 Å². The molecule has 0 unspecified atom stereocenters. The summed E-state index contributed by atoms with van der Waals surface area (Å²) in [5, 5.41) is 0. The van der Waals surface area contributed by atoms with Gasteiger partial charge in [-0.3, -0.25) is 0 Å². The molecule has 0 nitrogen and oxygen atoms in total. The molecule has 724 valence electrons. The van der Waals surface area contributed by atoms with E-state index in [0.29, 0.717) is 39.4 Å². The van der Waals surface area contributed by atoms with Crippen LogP contribution in [0.3, 0.4) is 0 Å². The van der Waals surface area contributed by atoms with Crippen molar-refractivity contribution in [3.05, 3.63) is 307 Å². The van der Waals surface area contributed by atoms with Gasteiger partial charge in [0.05, 0.1) is 10.8 Å². The van der Waals surface area contributed by atoms with Gasteiger partial charge in [0, 0.05) is 0 Å². The van der Waals surface area contributed by atoms with E-state index in [1.54, 1.807) is 46.0 Å². The zero-order valence-corrected chi connectivity index (χ0v) is 90.6. The molecule has 0 saturated carbocycles. The molecule has 0 aliphatic heterocycles. The fraction of sp³-hybridized carbons (Fsp3) is 0.524. The zero-order chi connectivity index (χ0) is 101. The van der Waals surface area contributed by atoms with Crippen molar-refractivity contribution in [3.8, 4) is 44.5 Å². The van der Waals surface area contributed by atoms with Crippen molar-refractivity contribution in [3.63, 3.8) is 0 Å². The first-order valence-electron chi connectivity index (χ1n) is 49.1. The maximum atomic E-state index is 13.3. The van der Waals surface area contributed by atoms with E-state index in [1.165, 1.54) is 102 Å². The molecule has 132 heavy (non-hydrogen) atoms. The van der Waals surface area contributed by atoms with Crippen molar-refractivity contribution < 1.29 is 26.3 Å². The van der Waals surface area contributed by atoms with Gasteiger partial charge in [-0.15, -0.1) is 0 Å². The molecule has 0 atom stereocenters. The van der Waals surface area contributed by atoms with E-state index >= 15 is 0 Å². The smallest absolute Gasteiger partial charge is 0.171 e. The molecule has 0 aliphatic rings. The summed E-state index contributed by atoms with van der Waals surface area (Å²) in [7, 11) is 0. The first-order chi connectivity index (χ1) is 59.9. The molecule has 0 radical (unpaired) electrons. The Morgan fingerprint density at radius 2 is 0.409 bits per heavy atom. The molecule has 6 heteroatoms. The molecular formula is C126H178F6. The minimum atomic E-state index is -4.40. The number of hydrogen-bond donors (Lipinski definition) is 0. The minimum Gasteiger partial charge on any atom is -0.171 e. The standard InChI is InChI=1S/C30H38.C22H22.C20H28F6.C20H34.C18H30.C16H26/c1-28(2,3)23-17-13-21(14-18-23)25-11-10-12-26(27(25)30(7,8)9)22-15-19-24(20-16-22)29(4,5)6;1-22(2,3)21-19(17-11-6-4-7-12-17)15-10-16-20(21)18-13-8-5-9-14-18;1-16(2,3)15-13(11-17(4,5)19(21,22)23)9-8-10-14(15)12-18(6,7)20(24,25)26;1-18(2,3)13-15-11-10-12-16(14-19(4,5)6)17(15)20(7,8)9;1-13(2)11-15-9-8-10-16(12-14(3)4)17(15)18(5,6)7;1-11(2)13-9-8-10-14(12(3)4)15(13)16(5,6)7/h10-20H,1-9H3;4-16H,1-3H3;8-10H,11-12H2,1-7H3;10-12H,13-14H2,1-9H3;8-10,13-14H,11-12H2,1-7H3;8-12H,1-7H3. The third kappa shape index (κ3) is 33.6. The number of hydrogen-bond acceptors (Lipinski definition) is 0. The first kappa shape index (κ1) is 114. The van der Waals surface area contributed by atoms with Crippen LogP contribution in [0.1, 0.15) is 392 Å². The molecule has 0 fully saturated rings. The Labute approximate surface area is 803 Å². The van der Waals surface area contributed by atoms with E-state index in [9.17, 15) is 26.3 Å². The van der Waals surface area contributed by atoms with Gasteiger partial charge in [0.15, 0.2) is 0 Å². The van der Waals surface area contributed by atoms with Gasteiger partial charge in [-0.1, -0.05) is 509 Å². The lowest BCUT2D eigenvalue weighted by Gasteiger charge is -2.35. The summed E-state index contributed by atoms with van der Waals surface area (Å²) in [6.07, 6.45) is -4.66. The van der Waals surface area contributed by atoms with Gasteiger partial charge in [0.1, 0.15) is 0 Å². The number of benzene rings is 10. The molecule has 0 heterocycles. The number of halogens is 6. The fourth-order valence-electron chi connectivity index (χ4n) is 18.6. The largest absolute Gasteiger partial charge is 0.394 e. The quantitative estimate of drug-likeness (QED) is 0.0846. The zero-order valence-electron chi connectivity index (χ0n) is 90.6. The van der Waals surface area contributed by atoms with Gasteiger partial charge in [-0.05, 0) is 250 Å². The Kier molecular flexibility index (Phi) is 38.7. The van der Waals surface area contributed by atoms with Crippen LogP contribution in [0.2, 0.25) is 0 Å². The number of alkyl halides is 6. The third-order valence-electron chi connectivity index (χ3n) is 24.5. The molecule has 10 aromatic rings. The summed E-state index contributed by atoms with van der Waals surface area (Å²) in [5.74, 6) is 2.65. The van der Waals surface area contributed by atoms with E-state index in [4.69, 9.17) is 0 Å². The van der Waals surface area contributed by atoms with Crippen LogP contribution in [-0.4, -0.2) is 12.4 Å². The minimum absolute atomic E-state index is 0.0390.